The Hall–Kier alpha value is -3.37. The Labute approximate surface area is 206 Å². The molecule has 2 aromatic carbocycles. The van der Waals surface area contributed by atoms with Crippen LogP contribution in [0.2, 0.25) is 0 Å². The fourth-order valence-electron chi connectivity index (χ4n) is 4.55. The van der Waals surface area contributed by atoms with E-state index < -0.39 is 11.3 Å². The fraction of sp³-hybridized carbons (Fsp3) is 0.360. The number of carbonyl (C=O) groups is 2. The Morgan fingerprint density at radius 2 is 1.86 bits per heavy atom. The van der Waals surface area contributed by atoms with Crippen molar-refractivity contribution in [2.45, 2.75) is 39.7 Å². The lowest BCUT2D eigenvalue weighted by Gasteiger charge is -2.37. The minimum atomic E-state index is -2.28. The summed E-state index contributed by atoms with van der Waals surface area (Å²) >= 11 is -2.28. The number of ether oxygens (including phenoxy) is 1. The molecule has 1 aromatic heterocycles. The molecule has 35 heavy (non-hydrogen) atoms. The van der Waals surface area contributed by atoms with E-state index in [-0.39, 0.29) is 18.0 Å². The zero-order chi connectivity index (χ0) is 25.1. The Morgan fingerprint density at radius 1 is 1.17 bits per heavy atom. The number of piperidine rings is 1. The van der Waals surface area contributed by atoms with Gasteiger partial charge in [0, 0.05) is 35.6 Å². The lowest BCUT2D eigenvalue weighted by molar-refractivity contribution is 0.0975. The molecule has 0 spiro atoms. The van der Waals surface area contributed by atoms with Crippen molar-refractivity contribution < 1.29 is 27.5 Å². The summed E-state index contributed by atoms with van der Waals surface area (Å²) in [6.45, 7) is 6.47. The van der Waals surface area contributed by atoms with E-state index >= 15 is 0 Å². The van der Waals surface area contributed by atoms with Crippen molar-refractivity contribution in [2.75, 3.05) is 29.3 Å². The first kappa shape index (κ1) is 24.7. The van der Waals surface area contributed by atoms with Gasteiger partial charge in [0.2, 0.25) is 0 Å². The number of hydrogen-bond acceptors (Lipinski definition) is 5. The molecule has 0 saturated carbocycles. The zero-order valence-electron chi connectivity index (χ0n) is 19.9. The van der Waals surface area contributed by atoms with Crippen molar-refractivity contribution in [3.8, 4) is 0 Å². The highest BCUT2D eigenvalue weighted by Crippen LogP contribution is 2.35. The van der Waals surface area contributed by atoms with Gasteiger partial charge in [-0.3, -0.25) is 13.7 Å². The lowest BCUT2D eigenvalue weighted by atomic mass is 10.0. The Morgan fingerprint density at radius 3 is 2.49 bits per heavy atom. The van der Waals surface area contributed by atoms with Crippen LogP contribution in [0.5, 0.6) is 0 Å². The van der Waals surface area contributed by atoms with Crippen LogP contribution in [0.3, 0.4) is 0 Å². The number of amides is 2. The molecular formula is C25H29N3O6S. The second-order valence-corrected chi connectivity index (χ2v) is 9.29. The average Bonchev–Trinajstić information content (AvgIpc) is 3.18. The normalized spacial score (nSPS) is 15.1. The summed E-state index contributed by atoms with van der Waals surface area (Å²) in [6, 6.07) is 12.4. The van der Waals surface area contributed by atoms with Crippen molar-refractivity contribution in [2.24, 2.45) is 0 Å². The van der Waals surface area contributed by atoms with Gasteiger partial charge in [0.05, 0.1) is 17.9 Å². The molecule has 1 aliphatic rings. The Kier molecular flexibility index (Phi) is 7.42. The van der Waals surface area contributed by atoms with E-state index in [1.165, 1.54) is 4.31 Å². The quantitative estimate of drug-likeness (QED) is 0.468. The van der Waals surface area contributed by atoms with Gasteiger partial charge in [-0.2, -0.15) is 0 Å². The number of nitrogens with zero attached hydrogens (tertiary/aromatic N) is 2. The standard InChI is InChI=1S/C25H29N3O6S/c1-4-33-25(30)27-13-11-18(12-14-27)28(35(31)32)23-10-6-7-19-20(23)8-5-9-22(19)26-24(29)21-15-16(2)34-17(21)3/h5-10,15,18H,4,11-14H2,1-3H3,(H,26,29)(H,31,32). The number of hydrogen-bond donors (Lipinski definition) is 2. The minimum Gasteiger partial charge on any atom is -0.466 e. The summed E-state index contributed by atoms with van der Waals surface area (Å²) in [6.07, 6.45) is 0.685. The molecule has 2 amide bonds. The molecule has 2 N–H and O–H groups in total. The summed E-state index contributed by atoms with van der Waals surface area (Å²) < 4.78 is 34.8. The van der Waals surface area contributed by atoms with E-state index in [1.54, 1.807) is 56.0 Å². The van der Waals surface area contributed by atoms with Crippen LogP contribution in [-0.2, 0) is 16.0 Å². The summed E-state index contributed by atoms with van der Waals surface area (Å²) in [5, 5.41) is 4.43. The van der Waals surface area contributed by atoms with E-state index in [0.717, 1.165) is 10.8 Å². The maximum Gasteiger partial charge on any atom is 0.409 e. The molecule has 4 rings (SSSR count). The van der Waals surface area contributed by atoms with Crippen molar-refractivity contribution in [3.05, 3.63) is 59.5 Å². The van der Waals surface area contributed by atoms with Gasteiger partial charge in [-0.15, -0.1) is 0 Å². The summed E-state index contributed by atoms with van der Waals surface area (Å²) in [5.74, 6) is 0.908. The number of likely N-dealkylation sites (tertiary alicyclic amines) is 1. The molecule has 0 aliphatic carbocycles. The molecule has 9 nitrogen and oxygen atoms in total. The third-order valence-corrected chi connectivity index (χ3v) is 6.99. The first-order chi connectivity index (χ1) is 16.8. The molecule has 10 heteroatoms. The van der Waals surface area contributed by atoms with Crippen LogP contribution in [0.1, 0.15) is 41.6 Å². The van der Waals surface area contributed by atoms with E-state index in [2.05, 4.69) is 5.32 Å². The smallest absolute Gasteiger partial charge is 0.409 e. The Bertz CT molecular complexity index is 1270. The maximum absolute atomic E-state index is 12.9. The molecule has 1 fully saturated rings. The van der Waals surface area contributed by atoms with Crippen molar-refractivity contribution >= 4 is 45.4 Å². The predicted octanol–water partition coefficient (Wildman–Crippen LogP) is 4.87. The number of furan rings is 1. The second kappa shape index (κ2) is 10.5. The topological polar surface area (TPSA) is 112 Å². The number of nitrogens with one attached hydrogen (secondary N) is 1. The van der Waals surface area contributed by atoms with Crippen LogP contribution in [0.25, 0.3) is 10.8 Å². The van der Waals surface area contributed by atoms with E-state index in [9.17, 15) is 18.4 Å². The van der Waals surface area contributed by atoms with Gasteiger partial charge in [0.15, 0.2) is 0 Å². The maximum atomic E-state index is 12.9. The molecule has 3 aromatic rings. The van der Waals surface area contributed by atoms with E-state index in [1.807, 2.05) is 12.1 Å². The molecule has 186 valence electrons. The van der Waals surface area contributed by atoms with Crippen LogP contribution < -0.4 is 9.62 Å². The number of rotatable bonds is 6. The monoisotopic (exact) mass is 499 g/mol. The molecule has 2 heterocycles. The van der Waals surface area contributed by atoms with Gasteiger partial charge in [0.1, 0.15) is 11.5 Å². The van der Waals surface area contributed by atoms with Crippen LogP contribution in [0.4, 0.5) is 16.2 Å². The highest BCUT2D eigenvalue weighted by molar-refractivity contribution is 7.80. The molecule has 1 atom stereocenters. The lowest BCUT2D eigenvalue weighted by Crippen LogP contribution is -2.47. The van der Waals surface area contributed by atoms with Crippen LogP contribution in [0, 0.1) is 13.8 Å². The highest BCUT2D eigenvalue weighted by Gasteiger charge is 2.31. The number of fused-ring (bicyclic) bond motifs is 1. The number of carbonyl (C=O) groups excluding carboxylic acids is 2. The second-order valence-electron chi connectivity index (χ2n) is 8.43. The first-order valence-electron chi connectivity index (χ1n) is 11.5. The summed E-state index contributed by atoms with van der Waals surface area (Å²) in [5.41, 5.74) is 1.64. The predicted molar refractivity (Wildman–Crippen MR) is 135 cm³/mol. The summed E-state index contributed by atoms with van der Waals surface area (Å²) in [4.78, 5) is 26.5. The van der Waals surface area contributed by atoms with Gasteiger partial charge >= 0.3 is 6.09 Å². The Balaban J connectivity index is 1.62. The molecule has 1 unspecified atom stereocenters. The first-order valence-corrected chi connectivity index (χ1v) is 12.6. The summed E-state index contributed by atoms with van der Waals surface area (Å²) in [7, 11) is 0. The third-order valence-electron chi connectivity index (χ3n) is 6.16. The SMILES string of the molecule is CCOC(=O)N1CCC(N(c2cccc3c(NC(=O)c4cc(C)oc4C)cccc23)S(=O)O)CC1. The number of anilines is 2. The average molecular weight is 500 g/mol. The van der Waals surface area contributed by atoms with Gasteiger partial charge in [-0.05, 0) is 51.8 Å². The van der Waals surface area contributed by atoms with E-state index in [4.69, 9.17) is 9.15 Å². The molecule has 0 bridgehead atoms. The molecule has 1 saturated heterocycles. The van der Waals surface area contributed by atoms with Gasteiger partial charge in [-0.1, -0.05) is 24.3 Å². The highest BCUT2D eigenvalue weighted by atomic mass is 32.2. The number of aryl methyl sites for hydroxylation is 2. The van der Waals surface area contributed by atoms with Crippen LogP contribution >= 0.6 is 0 Å². The van der Waals surface area contributed by atoms with Crippen LogP contribution in [0.15, 0.2) is 46.9 Å². The van der Waals surface area contributed by atoms with Crippen molar-refractivity contribution in [1.82, 2.24) is 4.90 Å². The van der Waals surface area contributed by atoms with Gasteiger partial charge < -0.3 is 19.4 Å². The molecular weight excluding hydrogens is 470 g/mol. The zero-order valence-corrected chi connectivity index (χ0v) is 20.8. The number of benzene rings is 2. The molecule has 0 radical (unpaired) electrons. The van der Waals surface area contributed by atoms with Crippen molar-refractivity contribution in [3.63, 3.8) is 0 Å². The van der Waals surface area contributed by atoms with Crippen LogP contribution in [-0.4, -0.2) is 51.4 Å². The van der Waals surface area contributed by atoms with Crippen molar-refractivity contribution in [1.29, 1.82) is 0 Å². The largest absolute Gasteiger partial charge is 0.466 e. The van der Waals surface area contributed by atoms with E-state index in [0.29, 0.717) is 61.0 Å². The minimum absolute atomic E-state index is 0.244. The van der Waals surface area contributed by atoms with Gasteiger partial charge in [0.25, 0.3) is 17.2 Å². The van der Waals surface area contributed by atoms with Gasteiger partial charge in [-0.25, -0.2) is 9.00 Å². The third kappa shape index (κ3) is 5.18. The molecule has 1 aliphatic heterocycles. The fourth-order valence-corrected chi connectivity index (χ4v) is 5.34.